The molecule has 1 saturated carbocycles. The summed E-state index contributed by atoms with van der Waals surface area (Å²) in [6, 6.07) is 15.1. The first-order valence-electron chi connectivity index (χ1n) is 11.8. The van der Waals surface area contributed by atoms with Crippen molar-refractivity contribution < 1.29 is 32.1 Å². The van der Waals surface area contributed by atoms with Gasteiger partial charge in [0.05, 0.1) is 25.5 Å². The largest absolute Gasteiger partial charge is 0.744 e. The highest BCUT2D eigenvalue weighted by molar-refractivity contribution is 7.85. The second kappa shape index (κ2) is 10.6. The molecule has 0 spiro atoms. The Bertz CT molecular complexity index is 1060. The monoisotopic (exact) mass is 489 g/mol. The highest BCUT2D eigenvalue weighted by Crippen LogP contribution is 2.42. The van der Waals surface area contributed by atoms with Crippen molar-refractivity contribution in [3.05, 3.63) is 65.7 Å². The Morgan fingerprint density at radius 3 is 2.12 bits per heavy atom. The van der Waals surface area contributed by atoms with Crippen molar-refractivity contribution in [3.8, 4) is 0 Å². The number of likely N-dealkylation sites (N-methyl/N-ethyl adjacent to an activating group) is 1. The van der Waals surface area contributed by atoms with Gasteiger partial charge < -0.3 is 18.9 Å². The molecule has 1 saturated heterocycles. The first-order valence-corrected chi connectivity index (χ1v) is 13.2. The maximum atomic E-state index is 12.9. The Hall–Kier alpha value is -2.26. The third-order valence-electron chi connectivity index (χ3n) is 6.81. The lowest BCUT2D eigenvalue weighted by molar-refractivity contribution is -0.879. The molecular formula is C26H35NO6S. The number of quaternary nitrogens is 1. The number of carbonyl (C=O) groups is 1. The van der Waals surface area contributed by atoms with E-state index in [0.29, 0.717) is 5.56 Å². The predicted octanol–water partition coefficient (Wildman–Crippen LogP) is 3.36. The Morgan fingerprint density at radius 2 is 1.62 bits per heavy atom. The molecule has 0 bridgehead atoms. The van der Waals surface area contributed by atoms with Gasteiger partial charge in [0.2, 0.25) is 0 Å². The summed E-state index contributed by atoms with van der Waals surface area (Å²) in [7, 11) is 0.0245. The first-order chi connectivity index (χ1) is 15.9. The quantitative estimate of drug-likeness (QED) is 0.392. The topological polar surface area (TPSA) is 104 Å². The lowest BCUT2D eigenvalue weighted by Gasteiger charge is -2.33. The zero-order valence-electron chi connectivity index (χ0n) is 20.1. The number of esters is 1. The van der Waals surface area contributed by atoms with Crippen molar-refractivity contribution >= 4 is 16.1 Å². The average Bonchev–Trinajstić information content (AvgIpc) is 3.44. The summed E-state index contributed by atoms with van der Waals surface area (Å²) in [5, 5.41) is 11.4. The molecule has 1 aliphatic heterocycles. The van der Waals surface area contributed by atoms with Gasteiger partial charge in [0.15, 0.2) is 11.7 Å². The fourth-order valence-corrected chi connectivity index (χ4v) is 5.30. The minimum Gasteiger partial charge on any atom is -0.744 e. The van der Waals surface area contributed by atoms with Crippen LogP contribution in [-0.4, -0.2) is 61.8 Å². The molecule has 1 heterocycles. The molecule has 2 aliphatic rings. The van der Waals surface area contributed by atoms with E-state index >= 15 is 0 Å². The number of ether oxygens (including phenoxy) is 1. The highest BCUT2D eigenvalue weighted by atomic mass is 32.2. The number of benzene rings is 2. The van der Waals surface area contributed by atoms with Crippen LogP contribution < -0.4 is 0 Å². The normalized spacial score (nSPS) is 21.9. The van der Waals surface area contributed by atoms with Crippen LogP contribution in [0.2, 0.25) is 0 Å². The van der Waals surface area contributed by atoms with E-state index < -0.39 is 21.7 Å². The fraction of sp³-hybridized carbons (Fsp3) is 0.500. The summed E-state index contributed by atoms with van der Waals surface area (Å²) in [5.41, 5.74) is 0.0957. The molecule has 0 aromatic heterocycles. The fourth-order valence-electron chi connectivity index (χ4n) is 4.83. The SMILES string of the molecule is C[N+]1(C)CC[C@H](OC(=O)C(O)(c2ccccc2)C2CCCC2)C1.Cc1ccc(S(=O)(=O)[O-])cc1. The minimum atomic E-state index is -4.27. The molecular weight excluding hydrogens is 454 g/mol. The summed E-state index contributed by atoms with van der Waals surface area (Å²) in [4.78, 5) is 12.8. The first kappa shape index (κ1) is 26.3. The van der Waals surface area contributed by atoms with Crippen molar-refractivity contribution in [2.75, 3.05) is 27.2 Å². The van der Waals surface area contributed by atoms with Gasteiger partial charge in [-0.3, -0.25) is 0 Å². The van der Waals surface area contributed by atoms with Gasteiger partial charge in [0, 0.05) is 12.3 Å². The molecule has 8 heteroatoms. The summed E-state index contributed by atoms with van der Waals surface area (Å²) in [6.07, 6.45) is 4.68. The molecule has 1 unspecified atom stereocenters. The summed E-state index contributed by atoms with van der Waals surface area (Å²) in [6.45, 7) is 3.65. The van der Waals surface area contributed by atoms with Crippen molar-refractivity contribution in [1.29, 1.82) is 0 Å². The molecule has 2 aromatic rings. The number of hydrogen-bond acceptors (Lipinski definition) is 6. The molecule has 2 aromatic carbocycles. The van der Waals surface area contributed by atoms with Crippen LogP contribution in [0.25, 0.3) is 0 Å². The van der Waals surface area contributed by atoms with Gasteiger partial charge in [0.1, 0.15) is 16.7 Å². The Kier molecular flexibility index (Phi) is 8.18. The predicted molar refractivity (Wildman–Crippen MR) is 128 cm³/mol. The second-order valence-corrected chi connectivity index (χ2v) is 11.4. The molecule has 1 aliphatic carbocycles. The van der Waals surface area contributed by atoms with Crippen LogP contribution in [0.3, 0.4) is 0 Å². The van der Waals surface area contributed by atoms with Gasteiger partial charge >= 0.3 is 5.97 Å². The lowest BCUT2D eigenvalue weighted by atomic mass is 9.80. The van der Waals surface area contributed by atoms with E-state index in [1.165, 1.54) is 12.1 Å². The Morgan fingerprint density at radius 1 is 1.03 bits per heavy atom. The molecule has 0 amide bonds. The van der Waals surface area contributed by atoms with E-state index in [4.69, 9.17) is 4.74 Å². The highest BCUT2D eigenvalue weighted by Gasteiger charge is 2.49. The molecule has 2 atom stereocenters. The van der Waals surface area contributed by atoms with E-state index in [2.05, 4.69) is 14.1 Å². The number of nitrogens with zero attached hydrogens (tertiary/aromatic N) is 1. The Labute approximate surface area is 202 Å². The maximum absolute atomic E-state index is 12.9. The van der Waals surface area contributed by atoms with E-state index in [1.54, 1.807) is 12.1 Å². The number of aliphatic hydroxyl groups is 1. The number of rotatable bonds is 5. The van der Waals surface area contributed by atoms with Crippen LogP contribution in [0.4, 0.5) is 0 Å². The van der Waals surface area contributed by atoms with Crippen molar-refractivity contribution in [3.63, 3.8) is 0 Å². The molecule has 34 heavy (non-hydrogen) atoms. The van der Waals surface area contributed by atoms with Crippen LogP contribution in [0.1, 0.15) is 43.2 Å². The third kappa shape index (κ3) is 6.44. The van der Waals surface area contributed by atoms with E-state index in [1.807, 2.05) is 37.3 Å². The van der Waals surface area contributed by atoms with Crippen LogP contribution in [0.15, 0.2) is 59.5 Å². The molecule has 186 valence electrons. The van der Waals surface area contributed by atoms with Crippen LogP contribution in [-0.2, 0) is 25.3 Å². The van der Waals surface area contributed by atoms with E-state index in [0.717, 1.165) is 55.2 Å². The summed E-state index contributed by atoms with van der Waals surface area (Å²) >= 11 is 0. The van der Waals surface area contributed by atoms with E-state index in [9.17, 15) is 22.9 Å². The number of hydrogen-bond donors (Lipinski definition) is 1. The second-order valence-electron chi connectivity index (χ2n) is 10.0. The lowest BCUT2D eigenvalue weighted by Crippen LogP contribution is -2.46. The zero-order chi connectivity index (χ0) is 25.0. The van der Waals surface area contributed by atoms with Crippen molar-refractivity contribution in [2.45, 2.75) is 55.6 Å². The van der Waals surface area contributed by atoms with E-state index in [-0.39, 0.29) is 16.9 Å². The number of aryl methyl sites for hydroxylation is 1. The molecule has 1 N–H and O–H groups in total. The maximum Gasteiger partial charge on any atom is 0.343 e. The van der Waals surface area contributed by atoms with Gasteiger partial charge in [-0.15, -0.1) is 0 Å². The van der Waals surface area contributed by atoms with Crippen LogP contribution >= 0.6 is 0 Å². The third-order valence-corrected chi connectivity index (χ3v) is 7.66. The van der Waals surface area contributed by atoms with Crippen LogP contribution in [0.5, 0.6) is 0 Å². The van der Waals surface area contributed by atoms with Gasteiger partial charge in [-0.05, 0) is 37.5 Å². The molecule has 7 nitrogen and oxygen atoms in total. The standard InChI is InChI=1S/C19H28NO3.C7H8O3S/c1-20(2)13-12-17(14-20)23-18(21)19(22,16-10-6-7-11-16)15-8-4-3-5-9-15;1-6-2-4-7(5-3-6)11(8,9)10/h3-5,8-9,16-17,22H,6-7,10-14H2,1-2H3;2-5H,1H3,(H,8,9,10)/q+1;/p-1/t17-,19?;/m0./s1. The molecule has 0 radical (unpaired) electrons. The van der Waals surface area contributed by atoms with Crippen LogP contribution in [0, 0.1) is 12.8 Å². The zero-order valence-corrected chi connectivity index (χ0v) is 21.0. The number of carbonyl (C=O) groups excluding carboxylic acids is 1. The molecule has 4 rings (SSSR count). The Balaban J connectivity index is 0.000000248. The summed E-state index contributed by atoms with van der Waals surface area (Å²) < 4.78 is 37.8. The smallest absolute Gasteiger partial charge is 0.343 e. The van der Waals surface area contributed by atoms with Gasteiger partial charge in [-0.25, -0.2) is 13.2 Å². The van der Waals surface area contributed by atoms with Gasteiger partial charge in [-0.2, -0.15) is 0 Å². The summed E-state index contributed by atoms with van der Waals surface area (Å²) in [5.74, 6) is -0.496. The minimum absolute atomic E-state index is 0.0405. The average molecular weight is 490 g/mol. The van der Waals surface area contributed by atoms with Crippen molar-refractivity contribution in [2.24, 2.45) is 5.92 Å². The van der Waals surface area contributed by atoms with Crippen molar-refractivity contribution in [1.82, 2.24) is 0 Å². The number of likely N-dealkylation sites (tertiary alicyclic amines) is 1. The van der Waals surface area contributed by atoms with Gasteiger partial charge in [0.25, 0.3) is 0 Å². The molecule has 2 fully saturated rings. The van der Waals surface area contributed by atoms with Gasteiger partial charge in [-0.1, -0.05) is 60.9 Å².